The molecule has 0 spiro atoms. The third-order valence-corrected chi connectivity index (χ3v) is 4.02. The number of carbonyl (C=O) groups is 1. The Morgan fingerprint density at radius 3 is 2.57 bits per heavy atom. The first-order chi connectivity index (χ1) is 11.0. The van der Waals surface area contributed by atoms with Gasteiger partial charge in [-0.2, -0.15) is 0 Å². The first-order valence-corrected chi connectivity index (χ1v) is 8.42. The Morgan fingerprint density at radius 2 is 1.96 bits per heavy atom. The molecule has 1 unspecified atom stereocenters. The number of rotatable bonds is 5. The maximum atomic E-state index is 12.1. The predicted molar refractivity (Wildman–Crippen MR) is 97.3 cm³/mol. The van der Waals surface area contributed by atoms with Gasteiger partial charge in [0.1, 0.15) is 5.75 Å². The molecular weight excluding hydrogens is 380 g/mol. The second kappa shape index (κ2) is 8.22. The monoisotopic (exact) mass is 396 g/mol. The Hall–Kier alpha value is -1.72. The average molecular weight is 398 g/mol. The molecule has 2 aromatic rings. The van der Waals surface area contributed by atoms with Crippen LogP contribution in [0, 0.1) is 0 Å². The van der Waals surface area contributed by atoms with Crippen molar-refractivity contribution in [3.05, 3.63) is 57.5 Å². The molecule has 0 saturated heterocycles. The van der Waals surface area contributed by atoms with Crippen molar-refractivity contribution in [3.8, 4) is 5.75 Å². The lowest BCUT2D eigenvalue weighted by atomic mass is 10.1. The van der Waals surface area contributed by atoms with Gasteiger partial charge in [-0.25, -0.2) is 4.79 Å². The van der Waals surface area contributed by atoms with Crippen molar-refractivity contribution in [1.82, 2.24) is 5.32 Å². The first kappa shape index (κ1) is 17.6. The fraction of sp³-hybridized carbons (Fsp3) is 0.235. The Kier molecular flexibility index (Phi) is 6.30. The number of hydrogen-bond acceptors (Lipinski definition) is 2. The van der Waals surface area contributed by atoms with Crippen molar-refractivity contribution in [2.24, 2.45) is 0 Å². The van der Waals surface area contributed by atoms with Crippen LogP contribution >= 0.6 is 27.5 Å². The van der Waals surface area contributed by atoms with Crippen molar-refractivity contribution >= 4 is 39.2 Å². The normalized spacial score (nSPS) is 11.7. The number of benzene rings is 2. The van der Waals surface area contributed by atoms with Crippen LogP contribution in [-0.2, 0) is 0 Å². The number of nitrogens with one attached hydrogen (secondary N) is 2. The van der Waals surface area contributed by atoms with E-state index in [0.29, 0.717) is 17.3 Å². The number of hydrogen-bond donors (Lipinski definition) is 2. The van der Waals surface area contributed by atoms with Gasteiger partial charge in [0.25, 0.3) is 0 Å². The predicted octanol–water partition coefficient (Wildman–Crippen LogP) is 5.38. The zero-order valence-electron chi connectivity index (χ0n) is 12.9. The van der Waals surface area contributed by atoms with Crippen LogP contribution in [0.25, 0.3) is 0 Å². The summed E-state index contributed by atoms with van der Waals surface area (Å²) in [4.78, 5) is 12.1. The van der Waals surface area contributed by atoms with Gasteiger partial charge in [0, 0.05) is 4.47 Å². The van der Waals surface area contributed by atoms with Gasteiger partial charge in [-0.15, -0.1) is 0 Å². The number of urea groups is 1. The number of anilines is 1. The van der Waals surface area contributed by atoms with Gasteiger partial charge in [0.2, 0.25) is 0 Å². The fourth-order valence-corrected chi connectivity index (χ4v) is 2.77. The summed E-state index contributed by atoms with van der Waals surface area (Å²) in [6, 6.07) is 12.5. The summed E-state index contributed by atoms with van der Waals surface area (Å²) < 4.78 is 6.26. The van der Waals surface area contributed by atoms with Crippen LogP contribution in [0.3, 0.4) is 0 Å². The Morgan fingerprint density at radius 1 is 1.26 bits per heavy atom. The number of halogens is 2. The molecule has 4 nitrogen and oxygen atoms in total. The molecule has 0 bridgehead atoms. The lowest BCUT2D eigenvalue weighted by Gasteiger charge is -2.16. The van der Waals surface area contributed by atoms with E-state index in [4.69, 9.17) is 16.3 Å². The molecule has 0 fully saturated rings. The topological polar surface area (TPSA) is 50.4 Å². The maximum absolute atomic E-state index is 12.1. The van der Waals surface area contributed by atoms with Gasteiger partial charge in [-0.3, -0.25) is 0 Å². The maximum Gasteiger partial charge on any atom is 0.319 e. The third-order valence-electron chi connectivity index (χ3n) is 3.22. The Balaban J connectivity index is 1.96. The molecule has 23 heavy (non-hydrogen) atoms. The van der Waals surface area contributed by atoms with Crippen LogP contribution in [-0.4, -0.2) is 12.6 Å². The van der Waals surface area contributed by atoms with Crippen LogP contribution in [0.4, 0.5) is 10.5 Å². The minimum absolute atomic E-state index is 0.139. The van der Waals surface area contributed by atoms with E-state index in [1.807, 2.05) is 44.2 Å². The highest BCUT2D eigenvalue weighted by Gasteiger charge is 2.11. The molecule has 2 rings (SSSR count). The molecule has 0 saturated carbocycles. The van der Waals surface area contributed by atoms with E-state index < -0.39 is 0 Å². The highest BCUT2D eigenvalue weighted by Crippen LogP contribution is 2.25. The zero-order chi connectivity index (χ0) is 16.8. The van der Waals surface area contributed by atoms with Gasteiger partial charge in [-0.1, -0.05) is 39.7 Å². The van der Waals surface area contributed by atoms with E-state index in [-0.39, 0.29) is 12.1 Å². The minimum atomic E-state index is -0.310. The van der Waals surface area contributed by atoms with Crippen molar-refractivity contribution in [2.45, 2.75) is 19.9 Å². The summed E-state index contributed by atoms with van der Waals surface area (Å²) in [6.45, 7) is 4.48. The van der Waals surface area contributed by atoms with Crippen molar-refractivity contribution in [2.75, 3.05) is 11.9 Å². The number of ether oxygens (including phenoxy) is 1. The standard InChI is InChI=1S/C17H18BrClN2O2/c1-3-23-14-7-4-12(5-8-14)11(2)20-17(22)21-16-9-6-13(18)10-15(16)19/h4-11H,3H2,1-2H3,(H2,20,21,22). The zero-order valence-corrected chi connectivity index (χ0v) is 15.2. The summed E-state index contributed by atoms with van der Waals surface area (Å²) in [6.07, 6.45) is 0. The molecule has 1 atom stereocenters. The van der Waals surface area contributed by atoms with Crippen LogP contribution in [0.15, 0.2) is 46.9 Å². The molecule has 2 aromatic carbocycles. The molecule has 6 heteroatoms. The Labute approximate surface area is 149 Å². The molecule has 0 heterocycles. The fourth-order valence-electron chi connectivity index (χ4n) is 2.05. The molecule has 2 amide bonds. The summed E-state index contributed by atoms with van der Waals surface area (Å²) in [5, 5.41) is 6.09. The summed E-state index contributed by atoms with van der Waals surface area (Å²) in [7, 11) is 0. The molecule has 0 aliphatic rings. The number of amides is 2. The van der Waals surface area contributed by atoms with E-state index in [9.17, 15) is 4.79 Å². The highest BCUT2D eigenvalue weighted by atomic mass is 79.9. The first-order valence-electron chi connectivity index (χ1n) is 7.25. The van der Waals surface area contributed by atoms with Gasteiger partial charge in [0.15, 0.2) is 0 Å². The lowest BCUT2D eigenvalue weighted by Crippen LogP contribution is -2.31. The molecule has 0 aromatic heterocycles. The van der Waals surface area contributed by atoms with E-state index in [1.165, 1.54) is 0 Å². The van der Waals surface area contributed by atoms with Crippen LogP contribution < -0.4 is 15.4 Å². The van der Waals surface area contributed by atoms with Crippen molar-refractivity contribution < 1.29 is 9.53 Å². The SMILES string of the molecule is CCOc1ccc(C(C)NC(=O)Nc2ccc(Br)cc2Cl)cc1. The van der Waals surface area contributed by atoms with Crippen LogP contribution in [0.2, 0.25) is 5.02 Å². The lowest BCUT2D eigenvalue weighted by molar-refractivity contribution is 0.249. The van der Waals surface area contributed by atoms with E-state index in [2.05, 4.69) is 26.6 Å². The summed E-state index contributed by atoms with van der Waals surface area (Å²) in [5.74, 6) is 0.814. The molecule has 0 aliphatic heterocycles. The summed E-state index contributed by atoms with van der Waals surface area (Å²) in [5.41, 5.74) is 1.55. The number of carbonyl (C=O) groups excluding carboxylic acids is 1. The van der Waals surface area contributed by atoms with Gasteiger partial charge >= 0.3 is 6.03 Å². The van der Waals surface area contributed by atoms with Crippen LogP contribution in [0.1, 0.15) is 25.5 Å². The Bertz CT molecular complexity index is 677. The highest BCUT2D eigenvalue weighted by molar-refractivity contribution is 9.10. The molecule has 0 radical (unpaired) electrons. The van der Waals surface area contributed by atoms with Crippen molar-refractivity contribution in [1.29, 1.82) is 0 Å². The molecule has 122 valence electrons. The third kappa shape index (κ3) is 5.15. The molecule has 0 aliphatic carbocycles. The van der Waals surface area contributed by atoms with E-state index >= 15 is 0 Å². The molecular formula is C17H18BrClN2O2. The van der Waals surface area contributed by atoms with E-state index in [1.54, 1.807) is 12.1 Å². The van der Waals surface area contributed by atoms with Crippen molar-refractivity contribution in [3.63, 3.8) is 0 Å². The second-order valence-corrected chi connectivity index (χ2v) is 6.27. The quantitative estimate of drug-likeness (QED) is 0.711. The average Bonchev–Trinajstić information content (AvgIpc) is 2.51. The van der Waals surface area contributed by atoms with E-state index in [0.717, 1.165) is 15.8 Å². The summed E-state index contributed by atoms with van der Waals surface area (Å²) >= 11 is 9.42. The largest absolute Gasteiger partial charge is 0.494 e. The minimum Gasteiger partial charge on any atom is -0.494 e. The van der Waals surface area contributed by atoms with Crippen LogP contribution in [0.5, 0.6) is 5.75 Å². The van der Waals surface area contributed by atoms with Gasteiger partial charge in [-0.05, 0) is 49.7 Å². The molecule has 2 N–H and O–H groups in total. The second-order valence-electron chi connectivity index (χ2n) is 4.95. The smallest absolute Gasteiger partial charge is 0.319 e. The van der Waals surface area contributed by atoms with Gasteiger partial charge < -0.3 is 15.4 Å². The van der Waals surface area contributed by atoms with Gasteiger partial charge in [0.05, 0.1) is 23.4 Å².